The van der Waals surface area contributed by atoms with E-state index in [0.717, 1.165) is 24.3 Å². The molecule has 2 rings (SSSR count). The summed E-state index contributed by atoms with van der Waals surface area (Å²) in [6.45, 7) is 2.25. The monoisotopic (exact) mass is 262 g/mol. The molecule has 0 heterocycles. The minimum Gasteiger partial charge on any atom is -0.508 e. The van der Waals surface area contributed by atoms with Crippen molar-refractivity contribution in [1.82, 2.24) is 0 Å². The van der Waals surface area contributed by atoms with E-state index in [1.54, 1.807) is 12.1 Å². The first-order valence-electron chi connectivity index (χ1n) is 7.65. The fraction of sp³-hybridized carbons (Fsp3) is 0.647. The third kappa shape index (κ3) is 4.24. The van der Waals surface area contributed by atoms with Gasteiger partial charge in [-0.15, -0.1) is 0 Å². The van der Waals surface area contributed by atoms with Crippen LogP contribution in [0.3, 0.4) is 0 Å². The van der Waals surface area contributed by atoms with Crippen molar-refractivity contribution in [2.75, 3.05) is 0 Å². The van der Waals surface area contributed by atoms with Gasteiger partial charge < -0.3 is 10.2 Å². The standard InChI is InChI=1S/C17H26O2/c1-2-4-13-7-9-15(10-8-13)17(19)12-14-5-3-6-16(18)11-14/h3,5-6,11,13,15,17-19H,2,4,7-10,12H2,1H3. The molecule has 1 saturated carbocycles. The highest BCUT2D eigenvalue weighted by Crippen LogP contribution is 2.34. The van der Waals surface area contributed by atoms with Crippen LogP contribution in [0.5, 0.6) is 5.75 Å². The molecule has 0 aromatic heterocycles. The van der Waals surface area contributed by atoms with Crippen LogP contribution in [0.2, 0.25) is 0 Å². The Hall–Kier alpha value is -1.02. The molecule has 0 amide bonds. The van der Waals surface area contributed by atoms with E-state index in [9.17, 15) is 10.2 Å². The average Bonchev–Trinajstić information content (AvgIpc) is 2.40. The van der Waals surface area contributed by atoms with Crippen LogP contribution in [0.15, 0.2) is 24.3 Å². The molecule has 1 fully saturated rings. The fourth-order valence-electron chi connectivity index (χ4n) is 3.36. The lowest BCUT2D eigenvalue weighted by Crippen LogP contribution is -2.27. The summed E-state index contributed by atoms with van der Waals surface area (Å²) >= 11 is 0. The lowest BCUT2D eigenvalue weighted by atomic mass is 9.77. The van der Waals surface area contributed by atoms with Crippen LogP contribution in [0.1, 0.15) is 51.0 Å². The molecule has 2 N–H and O–H groups in total. The van der Waals surface area contributed by atoms with Crippen molar-refractivity contribution in [3.63, 3.8) is 0 Å². The predicted molar refractivity (Wildman–Crippen MR) is 78.2 cm³/mol. The number of rotatable bonds is 5. The molecule has 1 unspecified atom stereocenters. The van der Waals surface area contributed by atoms with Gasteiger partial charge in [-0.25, -0.2) is 0 Å². The molecule has 0 aliphatic heterocycles. The Morgan fingerprint density at radius 2 is 1.95 bits per heavy atom. The van der Waals surface area contributed by atoms with Gasteiger partial charge in [0.05, 0.1) is 6.10 Å². The number of hydrogen-bond donors (Lipinski definition) is 2. The fourth-order valence-corrected chi connectivity index (χ4v) is 3.36. The van der Waals surface area contributed by atoms with Gasteiger partial charge in [0.15, 0.2) is 0 Å². The van der Waals surface area contributed by atoms with Crippen LogP contribution in [0.4, 0.5) is 0 Å². The zero-order valence-electron chi connectivity index (χ0n) is 11.9. The maximum atomic E-state index is 10.4. The van der Waals surface area contributed by atoms with Gasteiger partial charge >= 0.3 is 0 Å². The minimum atomic E-state index is -0.260. The average molecular weight is 262 g/mol. The van der Waals surface area contributed by atoms with E-state index in [0.29, 0.717) is 12.3 Å². The third-order valence-electron chi connectivity index (χ3n) is 4.49. The Kier molecular flexibility index (Phi) is 5.26. The van der Waals surface area contributed by atoms with Crippen LogP contribution in [0.25, 0.3) is 0 Å². The van der Waals surface area contributed by atoms with Gasteiger partial charge in [0, 0.05) is 0 Å². The molecule has 106 valence electrons. The third-order valence-corrected chi connectivity index (χ3v) is 4.49. The Bertz CT molecular complexity index is 381. The molecule has 1 atom stereocenters. The molecule has 1 aromatic carbocycles. The molecule has 0 bridgehead atoms. The Morgan fingerprint density at radius 3 is 2.58 bits per heavy atom. The highest BCUT2D eigenvalue weighted by molar-refractivity contribution is 5.27. The zero-order valence-corrected chi connectivity index (χ0v) is 11.9. The number of phenols is 1. The Balaban J connectivity index is 1.82. The van der Waals surface area contributed by atoms with Gasteiger partial charge in [-0.1, -0.05) is 44.7 Å². The van der Waals surface area contributed by atoms with Gasteiger partial charge in [-0.05, 0) is 48.8 Å². The number of hydrogen-bond acceptors (Lipinski definition) is 2. The van der Waals surface area contributed by atoms with Gasteiger partial charge in [0.2, 0.25) is 0 Å². The summed E-state index contributed by atoms with van der Waals surface area (Å²) in [6.07, 6.45) is 7.89. The van der Waals surface area contributed by atoms with Gasteiger partial charge in [0.1, 0.15) is 5.75 Å². The maximum Gasteiger partial charge on any atom is 0.115 e. The Labute approximate surface area is 116 Å². The number of aliphatic hydroxyl groups is 1. The van der Waals surface area contributed by atoms with E-state index >= 15 is 0 Å². The van der Waals surface area contributed by atoms with Crippen molar-refractivity contribution in [3.05, 3.63) is 29.8 Å². The SMILES string of the molecule is CCCC1CCC(C(O)Cc2cccc(O)c2)CC1. The van der Waals surface area contributed by atoms with E-state index < -0.39 is 0 Å². The van der Waals surface area contributed by atoms with E-state index in [1.165, 1.54) is 25.7 Å². The van der Waals surface area contributed by atoms with Crippen molar-refractivity contribution in [2.24, 2.45) is 11.8 Å². The predicted octanol–water partition coefficient (Wildman–Crippen LogP) is 3.90. The molecule has 1 aliphatic rings. The molecule has 1 aromatic rings. The van der Waals surface area contributed by atoms with Crippen molar-refractivity contribution >= 4 is 0 Å². The second kappa shape index (κ2) is 6.95. The summed E-state index contributed by atoms with van der Waals surface area (Å²) in [5, 5.41) is 19.8. The number of phenolic OH excluding ortho intramolecular Hbond substituents is 1. The molecule has 2 heteroatoms. The van der Waals surface area contributed by atoms with Crippen LogP contribution >= 0.6 is 0 Å². The summed E-state index contributed by atoms with van der Waals surface area (Å²) in [6, 6.07) is 7.25. The largest absolute Gasteiger partial charge is 0.508 e. The topological polar surface area (TPSA) is 40.5 Å². The molecular formula is C17H26O2. The molecule has 0 spiro atoms. The van der Waals surface area contributed by atoms with Crippen LogP contribution in [-0.4, -0.2) is 16.3 Å². The molecule has 0 radical (unpaired) electrons. The van der Waals surface area contributed by atoms with E-state index in [-0.39, 0.29) is 11.9 Å². The lowest BCUT2D eigenvalue weighted by molar-refractivity contribution is 0.0728. The molecule has 2 nitrogen and oxygen atoms in total. The van der Waals surface area contributed by atoms with Crippen LogP contribution in [0, 0.1) is 11.8 Å². The van der Waals surface area contributed by atoms with Crippen LogP contribution in [-0.2, 0) is 6.42 Å². The first-order valence-corrected chi connectivity index (χ1v) is 7.65. The quantitative estimate of drug-likeness (QED) is 0.845. The molecule has 0 saturated heterocycles. The summed E-state index contributed by atoms with van der Waals surface area (Å²) in [7, 11) is 0. The summed E-state index contributed by atoms with van der Waals surface area (Å²) in [5.41, 5.74) is 1.03. The zero-order chi connectivity index (χ0) is 13.7. The van der Waals surface area contributed by atoms with Gasteiger partial charge in [0.25, 0.3) is 0 Å². The van der Waals surface area contributed by atoms with Gasteiger partial charge in [-0.2, -0.15) is 0 Å². The molecule has 1 aliphatic carbocycles. The highest BCUT2D eigenvalue weighted by atomic mass is 16.3. The summed E-state index contributed by atoms with van der Waals surface area (Å²) < 4.78 is 0. The normalized spacial score (nSPS) is 25.2. The van der Waals surface area contributed by atoms with E-state index in [2.05, 4.69) is 6.92 Å². The van der Waals surface area contributed by atoms with Crippen molar-refractivity contribution in [3.8, 4) is 5.75 Å². The number of aromatic hydroxyl groups is 1. The minimum absolute atomic E-state index is 0.260. The van der Waals surface area contributed by atoms with E-state index in [4.69, 9.17) is 0 Å². The van der Waals surface area contributed by atoms with Crippen molar-refractivity contribution in [1.29, 1.82) is 0 Å². The summed E-state index contributed by atoms with van der Waals surface area (Å²) in [5.74, 6) is 1.61. The van der Waals surface area contributed by atoms with E-state index in [1.807, 2.05) is 12.1 Å². The second-order valence-electron chi connectivity index (χ2n) is 6.01. The van der Waals surface area contributed by atoms with Gasteiger partial charge in [-0.3, -0.25) is 0 Å². The van der Waals surface area contributed by atoms with Crippen molar-refractivity contribution in [2.45, 2.75) is 58.0 Å². The first kappa shape index (κ1) is 14.4. The number of aliphatic hydroxyl groups excluding tert-OH is 1. The highest BCUT2D eigenvalue weighted by Gasteiger charge is 2.26. The lowest BCUT2D eigenvalue weighted by Gasteiger charge is -2.31. The Morgan fingerprint density at radius 1 is 1.21 bits per heavy atom. The number of benzene rings is 1. The van der Waals surface area contributed by atoms with Crippen molar-refractivity contribution < 1.29 is 10.2 Å². The maximum absolute atomic E-state index is 10.4. The van der Waals surface area contributed by atoms with Crippen LogP contribution < -0.4 is 0 Å². The summed E-state index contributed by atoms with van der Waals surface area (Å²) in [4.78, 5) is 0. The second-order valence-corrected chi connectivity index (χ2v) is 6.01. The molecule has 19 heavy (non-hydrogen) atoms. The first-order chi connectivity index (χ1) is 9.19. The molecular weight excluding hydrogens is 236 g/mol. The smallest absolute Gasteiger partial charge is 0.115 e.